The molecule has 1 aliphatic heterocycles. The molecule has 4 atom stereocenters. The summed E-state index contributed by atoms with van der Waals surface area (Å²) in [6.45, 7) is 2.37. The molecular formula is C20H23NO4. The van der Waals surface area contributed by atoms with E-state index in [1.807, 2.05) is 6.92 Å². The molecule has 0 N–H and O–H groups in total. The second-order valence-electron chi connectivity index (χ2n) is 7.40. The second-order valence-corrected chi connectivity index (χ2v) is 7.40. The number of amides is 2. The molecule has 132 valence electrons. The van der Waals surface area contributed by atoms with Gasteiger partial charge in [0.2, 0.25) is 11.8 Å². The summed E-state index contributed by atoms with van der Waals surface area (Å²) in [6.07, 6.45) is 4.81. The van der Waals surface area contributed by atoms with E-state index in [9.17, 15) is 14.4 Å². The second kappa shape index (κ2) is 6.28. The van der Waals surface area contributed by atoms with Crippen molar-refractivity contribution < 1.29 is 19.1 Å². The molecule has 0 spiro atoms. The Labute approximate surface area is 147 Å². The lowest BCUT2D eigenvalue weighted by Gasteiger charge is -2.19. The molecule has 1 aromatic rings. The summed E-state index contributed by atoms with van der Waals surface area (Å²) >= 11 is 0. The number of rotatable bonds is 5. The van der Waals surface area contributed by atoms with Gasteiger partial charge < -0.3 is 4.74 Å². The van der Waals surface area contributed by atoms with Crippen LogP contribution in [0.1, 0.15) is 49.4 Å². The lowest BCUT2D eigenvalue weighted by Crippen LogP contribution is -2.34. The van der Waals surface area contributed by atoms with Crippen molar-refractivity contribution in [2.75, 3.05) is 11.5 Å². The monoisotopic (exact) mass is 341 g/mol. The number of anilines is 1. The maximum absolute atomic E-state index is 13.0. The summed E-state index contributed by atoms with van der Waals surface area (Å²) in [5.74, 6) is -0.428. The third kappa shape index (κ3) is 2.48. The molecule has 25 heavy (non-hydrogen) atoms. The quantitative estimate of drug-likeness (QED) is 0.469. The summed E-state index contributed by atoms with van der Waals surface area (Å²) in [4.78, 5) is 39.6. The number of ether oxygens (including phenoxy) is 1. The fourth-order valence-corrected chi connectivity index (χ4v) is 4.87. The average molecular weight is 341 g/mol. The summed E-state index contributed by atoms with van der Waals surface area (Å²) in [7, 11) is 0. The molecule has 0 unspecified atom stereocenters. The summed E-state index contributed by atoms with van der Waals surface area (Å²) in [6, 6.07) is 6.79. The van der Waals surface area contributed by atoms with Crippen LogP contribution in [0.4, 0.5) is 5.69 Å². The molecule has 2 saturated carbocycles. The third-order valence-electron chi connectivity index (χ3n) is 6.02. The molecule has 0 aromatic heterocycles. The molecule has 1 heterocycles. The van der Waals surface area contributed by atoms with E-state index in [1.165, 1.54) is 4.90 Å². The minimum Gasteiger partial charge on any atom is -0.462 e. The summed E-state index contributed by atoms with van der Waals surface area (Å²) < 4.78 is 5.30. The number of para-hydroxylation sites is 1. The van der Waals surface area contributed by atoms with Crippen LogP contribution < -0.4 is 4.90 Å². The van der Waals surface area contributed by atoms with Crippen molar-refractivity contribution in [3.63, 3.8) is 0 Å². The van der Waals surface area contributed by atoms with E-state index in [-0.39, 0.29) is 23.7 Å². The number of unbranched alkanes of at least 4 members (excludes halogenated alkanes) is 1. The highest BCUT2D eigenvalue weighted by molar-refractivity contribution is 6.24. The maximum Gasteiger partial charge on any atom is 0.340 e. The molecule has 4 rings (SSSR count). The van der Waals surface area contributed by atoms with Crippen LogP contribution in [0.3, 0.4) is 0 Å². The van der Waals surface area contributed by atoms with Crippen molar-refractivity contribution in [1.29, 1.82) is 0 Å². The topological polar surface area (TPSA) is 63.7 Å². The molecule has 5 nitrogen and oxygen atoms in total. The third-order valence-corrected chi connectivity index (χ3v) is 6.02. The van der Waals surface area contributed by atoms with Crippen molar-refractivity contribution in [3.05, 3.63) is 29.8 Å². The van der Waals surface area contributed by atoms with E-state index in [1.54, 1.807) is 24.3 Å². The van der Waals surface area contributed by atoms with Crippen LogP contribution in [0.25, 0.3) is 0 Å². The highest BCUT2D eigenvalue weighted by Gasteiger charge is 2.61. The van der Waals surface area contributed by atoms with Crippen LogP contribution in [0, 0.1) is 23.7 Å². The fraction of sp³-hybridized carbons (Fsp3) is 0.550. The van der Waals surface area contributed by atoms with Crippen LogP contribution in [-0.4, -0.2) is 24.4 Å². The van der Waals surface area contributed by atoms with Crippen molar-refractivity contribution >= 4 is 23.5 Å². The Morgan fingerprint density at radius 2 is 1.76 bits per heavy atom. The van der Waals surface area contributed by atoms with Crippen molar-refractivity contribution in [3.8, 4) is 0 Å². The highest BCUT2D eigenvalue weighted by Crippen LogP contribution is 2.56. The van der Waals surface area contributed by atoms with Gasteiger partial charge in [0.25, 0.3) is 0 Å². The van der Waals surface area contributed by atoms with E-state index < -0.39 is 5.97 Å². The zero-order chi connectivity index (χ0) is 17.6. The smallest absolute Gasteiger partial charge is 0.340 e. The number of hydrogen-bond donors (Lipinski definition) is 0. The SMILES string of the molecule is CCCCOC(=O)c1ccccc1N1C(=O)[C@@H]2[C@@H]3CC[C@@H](C3)[C@@H]2C1=O. The van der Waals surface area contributed by atoms with E-state index in [0.29, 0.717) is 29.7 Å². The Morgan fingerprint density at radius 1 is 1.12 bits per heavy atom. The number of hydrogen-bond acceptors (Lipinski definition) is 4. The fourth-order valence-electron chi connectivity index (χ4n) is 4.87. The van der Waals surface area contributed by atoms with Gasteiger partial charge in [-0.3, -0.25) is 9.59 Å². The van der Waals surface area contributed by atoms with Gasteiger partial charge in [-0.2, -0.15) is 0 Å². The largest absolute Gasteiger partial charge is 0.462 e. The highest BCUT2D eigenvalue weighted by atomic mass is 16.5. The van der Waals surface area contributed by atoms with Gasteiger partial charge in [0, 0.05) is 0 Å². The molecule has 2 amide bonds. The lowest BCUT2D eigenvalue weighted by atomic mass is 9.81. The molecule has 5 heteroatoms. The molecule has 1 saturated heterocycles. The molecule has 0 radical (unpaired) electrons. The van der Waals surface area contributed by atoms with Crippen molar-refractivity contribution in [1.82, 2.24) is 0 Å². The average Bonchev–Trinajstić information content (AvgIpc) is 3.29. The van der Waals surface area contributed by atoms with Gasteiger partial charge in [-0.05, 0) is 49.7 Å². The minimum absolute atomic E-state index is 0.129. The van der Waals surface area contributed by atoms with Gasteiger partial charge in [-0.15, -0.1) is 0 Å². The van der Waals surface area contributed by atoms with Crippen LogP contribution in [-0.2, 0) is 14.3 Å². The zero-order valence-corrected chi connectivity index (χ0v) is 14.4. The van der Waals surface area contributed by atoms with Crippen molar-refractivity contribution in [2.45, 2.75) is 39.0 Å². The van der Waals surface area contributed by atoms with E-state index in [4.69, 9.17) is 4.74 Å². The van der Waals surface area contributed by atoms with Gasteiger partial charge in [-0.1, -0.05) is 25.5 Å². The van der Waals surface area contributed by atoms with Crippen LogP contribution in [0.15, 0.2) is 24.3 Å². The predicted octanol–water partition coefficient (Wildman–Crippen LogP) is 3.18. The first-order valence-corrected chi connectivity index (χ1v) is 9.27. The Hall–Kier alpha value is -2.17. The lowest BCUT2D eigenvalue weighted by molar-refractivity contribution is -0.123. The van der Waals surface area contributed by atoms with E-state index in [0.717, 1.165) is 32.1 Å². The van der Waals surface area contributed by atoms with Crippen LogP contribution in [0.5, 0.6) is 0 Å². The van der Waals surface area contributed by atoms with E-state index >= 15 is 0 Å². The number of imide groups is 1. The number of carbonyl (C=O) groups is 3. The first kappa shape index (κ1) is 16.3. The predicted molar refractivity (Wildman–Crippen MR) is 91.9 cm³/mol. The zero-order valence-electron chi connectivity index (χ0n) is 14.4. The molecular weight excluding hydrogens is 318 g/mol. The molecule has 2 aliphatic carbocycles. The first-order chi connectivity index (χ1) is 12.1. The minimum atomic E-state index is -0.468. The van der Waals surface area contributed by atoms with Gasteiger partial charge in [0.05, 0.1) is 29.7 Å². The number of esters is 1. The standard InChI is InChI=1S/C20H23NO4/c1-2-3-10-25-20(24)14-6-4-5-7-15(14)21-18(22)16-12-8-9-13(11-12)17(16)19(21)23/h4-7,12-13,16-17H,2-3,8-11H2,1H3/t12-,13+,16-,17+. The normalized spacial score (nSPS) is 30.0. The van der Waals surface area contributed by atoms with Gasteiger partial charge in [0.15, 0.2) is 0 Å². The number of carbonyl (C=O) groups excluding carboxylic acids is 3. The Bertz CT molecular complexity index is 700. The molecule has 3 aliphatic rings. The first-order valence-electron chi connectivity index (χ1n) is 9.27. The van der Waals surface area contributed by atoms with Gasteiger partial charge in [0.1, 0.15) is 0 Å². The van der Waals surface area contributed by atoms with Gasteiger partial charge in [-0.25, -0.2) is 9.69 Å². The molecule has 2 bridgehead atoms. The Kier molecular flexibility index (Phi) is 4.10. The molecule has 1 aromatic carbocycles. The van der Waals surface area contributed by atoms with E-state index in [2.05, 4.69) is 0 Å². The Morgan fingerprint density at radius 3 is 2.40 bits per heavy atom. The van der Waals surface area contributed by atoms with Crippen LogP contribution in [0.2, 0.25) is 0 Å². The number of benzene rings is 1. The molecule has 3 fully saturated rings. The number of nitrogens with zero attached hydrogens (tertiary/aromatic N) is 1. The number of fused-ring (bicyclic) bond motifs is 5. The maximum atomic E-state index is 13.0. The van der Waals surface area contributed by atoms with Gasteiger partial charge >= 0.3 is 5.97 Å². The Balaban J connectivity index is 1.63. The summed E-state index contributed by atoms with van der Waals surface area (Å²) in [5, 5.41) is 0. The summed E-state index contributed by atoms with van der Waals surface area (Å²) in [5.41, 5.74) is 0.681. The van der Waals surface area contributed by atoms with Crippen molar-refractivity contribution in [2.24, 2.45) is 23.7 Å². The van der Waals surface area contributed by atoms with Crippen LogP contribution >= 0.6 is 0 Å².